The minimum Gasteiger partial charge on any atom is -0.478 e. The first-order valence-electron chi connectivity index (χ1n) is 13.3. The fourth-order valence-corrected chi connectivity index (χ4v) is 6.06. The molecule has 1 aromatic heterocycles. The molecule has 0 radical (unpaired) electrons. The van der Waals surface area contributed by atoms with Crippen molar-refractivity contribution in [3.05, 3.63) is 75.6 Å². The number of aromatic nitrogens is 2. The molecule has 2 aliphatic carbocycles. The van der Waals surface area contributed by atoms with E-state index in [4.69, 9.17) is 16.7 Å². The Morgan fingerprint density at radius 2 is 1.69 bits per heavy atom. The number of nitrogens with one attached hydrogen (secondary N) is 1. The molecule has 0 aliphatic heterocycles. The van der Waals surface area contributed by atoms with E-state index in [1.54, 1.807) is 16.8 Å². The molecule has 0 saturated heterocycles. The maximum absolute atomic E-state index is 14.1. The first-order valence-corrected chi connectivity index (χ1v) is 13.6. The van der Waals surface area contributed by atoms with Crippen LogP contribution in [-0.2, 0) is 23.8 Å². The number of carbonyl (C=O) groups is 2. The number of carbonyl (C=O) groups excluding carboxylic acids is 1. The topological polar surface area (TPSA) is 84.2 Å². The molecule has 6 nitrogen and oxygen atoms in total. The monoisotopic (exact) mass is 559 g/mol. The molecule has 206 valence electrons. The van der Waals surface area contributed by atoms with E-state index in [1.807, 2.05) is 12.1 Å². The van der Waals surface area contributed by atoms with Crippen molar-refractivity contribution in [1.82, 2.24) is 9.78 Å². The molecule has 1 heterocycles. The van der Waals surface area contributed by atoms with Crippen LogP contribution in [-0.4, -0.2) is 26.8 Å². The summed E-state index contributed by atoms with van der Waals surface area (Å²) in [4.78, 5) is 25.4. The zero-order valence-corrected chi connectivity index (χ0v) is 22.0. The Balaban J connectivity index is 1.62. The van der Waals surface area contributed by atoms with Crippen molar-refractivity contribution >= 4 is 29.2 Å². The summed E-state index contributed by atoms with van der Waals surface area (Å²) >= 11 is 6.12. The van der Waals surface area contributed by atoms with Crippen LogP contribution < -0.4 is 5.32 Å². The molecule has 39 heavy (non-hydrogen) atoms. The highest BCUT2D eigenvalue weighted by molar-refractivity contribution is 6.30. The minimum absolute atomic E-state index is 0.0693. The molecule has 2 N–H and O–H groups in total. The summed E-state index contributed by atoms with van der Waals surface area (Å²) in [5, 5.41) is 17.2. The number of fused-ring (bicyclic) bond motifs is 1. The van der Waals surface area contributed by atoms with Crippen molar-refractivity contribution in [2.45, 2.75) is 69.9 Å². The van der Waals surface area contributed by atoms with Crippen molar-refractivity contribution in [3.63, 3.8) is 0 Å². The highest BCUT2D eigenvalue weighted by atomic mass is 35.5. The second-order valence-electron chi connectivity index (χ2n) is 10.3. The predicted octanol–water partition coefficient (Wildman–Crippen LogP) is 7.42. The molecule has 2 aliphatic rings. The van der Waals surface area contributed by atoms with Gasteiger partial charge in [-0.25, -0.2) is 9.48 Å². The number of carboxylic acids is 1. The quantitative estimate of drug-likeness (QED) is 0.329. The molecule has 5 rings (SSSR count). The number of aryl methyl sites for hydroxylation is 1. The van der Waals surface area contributed by atoms with E-state index in [-0.39, 0.29) is 5.92 Å². The van der Waals surface area contributed by atoms with E-state index in [1.165, 1.54) is 0 Å². The summed E-state index contributed by atoms with van der Waals surface area (Å²) in [6.45, 7) is 0. The number of aromatic carboxylic acids is 1. The molecular weight excluding hydrogens is 531 g/mol. The maximum atomic E-state index is 14.1. The Hall–Kier alpha value is -3.33. The fraction of sp³-hybridized carbons (Fsp3) is 0.414. The van der Waals surface area contributed by atoms with Crippen LogP contribution in [0.25, 0.3) is 5.69 Å². The smallest absolute Gasteiger partial charge is 0.418 e. The number of halogens is 4. The molecule has 2 aromatic carbocycles. The van der Waals surface area contributed by atoms with Crippen LogP contribution in [0.1, 0.15) is 83.7 Å². The molecule has 3 aromatic rings. The number of nitrogens with zero attached hydrogens (tertiary/aromatic N) is 2. The number of hydrogen-bond donors (Lipinski definition) is 2. The zero-order chi connectivity index (χ0) is 27.7. The van der Waals surface area contributed by atoms with Crippen molar-refractivity contribution in [2.75, 3.05) is 5.32 Å². The average molecular weight is 560 g/mol. The van der Waals surface area contributed by atoms with Gasteiger partial charge in [-0.1, -0.05) is 30.9 Å². The lowest BCUT2D eigenvalue weighted by atomic mass is 9.76. The summed E-state index contributed by atoms with van der Waals surface area (Å²) in [5.74, 6) is -2.81. The fourth-order valence-electron chi connectivity index (χ4n) is 5.94. The summed E-state index contributed by atoms with van der Waals surface area (Å²) in [7, 11) is 0. The van der Waals surface area contributed by atoms with Gasteiger partial charge in [0, 0.05) is 5.02 Å². The van der Waals surface area contributed by atoms with Crippen LogP contribution >= 0.6 is 11.6 Å². The highest BCUT2D eigenvalue weighted by Gasteiger charge is 2.40. The Labute approximate surface area is 229 Å². The predicted molar refractivity (Wildman–Crippen MR) is 142 cm³/mol. The number of rotatable bonds is 6. The number of alkyl halides is 3. The van der Waals surface area contributed by atoms with Gasteiger partial charge in [-0.2, -0.15) is 18.3 Å². The van der Waals surface area contributed by atoms with Gasteiger partial charge < -0.3 is 10.4 Å². The van der Waals surface area contributed by atoms with Crippen LogP contribution in [0.5, 0.6) is 0 Å². The Bertz CT molecular complexity index is 1380. The van der Waals surface area contributed by atoms with Gasteiger partial charge in [-0.05, 0) is 92.5 Å². The van der Waals surface area contributed by atoms with E-state index in [0.29, 0.717) is 11.1 Å². The Morgan fingerprint density at radius 1 is 1.00 bits per heavy atom. The first-order chi connectivity index (χ1) is 18.6. The molecular formula is C29H29ClF3N3O3. The van der Waals surface area contributed by atoms with Crippen LogP contribution in [0.15, 0.2) is 42.5 Å². The van der Waals surface area contributed by atoms with Gasteiger partial charge in [0.25, 0.3) is 0 Å². The number of anilines is 1. The third-order valence-corrected chi connectivity index (χ3v) is 8.05. The summed E-state index contributed by atoms with van der Waals surface area (Å²) in [5.41, 5.74) is 1.24. The number of benzene rings is 2. The van der Waals surface area contributed by atoms with E-state index in [9.17, 15) is 27.9 Å². The maximum Gasteiger partial charge on any atom is 0.418 e. The Morgan fingerprint density at radius 3 is 2.36 bits per heavy atom. The second kappa shape index (κ2) is 11.0. The SMILES string of the molecule is O=C(O)c1ccc(NC(=O)C(c2c3c(nn2-c2ccc(Cl)cc2)CCCC3)C2CCCCC2)c(C(F)(F)F)c1. The average Bonchev–Trinajstić information content (AvgIpc) is 3.28. The van der Waals surface area contributed by atoms with Gasteiger partial charge in [-0.3, -0.25) is 4.79 Å². The molecule has 0 spiro atoms. The van der Waals surface area contributed by atoms with E-state index in [0.717, 1.165) is 92.6 Å². The summed E-state index contributed by atoms with van der Waals surface area (Å²) in [6.07, 6.45) is 3.08. The number of carboxylic acid groups (broad SMARTS) is 1. The summed E-state index contributed by atoms with van der Waals surface area (Å²) < 4.78 is 43.6. The largest absolute Gasteiger partial charge is 0.478 e. The van der Waals surface area contributed by atoms with Crippen molar-refractivity contribution in [2.24, 2.45) is 5.92 Å². The van der Waals surface area contributed by atoms with Crippen LogP contribution in [0.2, 0.25) is 5.02 Å². The Kier molecular flexibility index (Phi) is 7.71. The first kappa shape index (κ1) is 27.2. The lowest BCUT2D eigenvalue weighted by Crippen LogP contribution is -2.32. The molecule has 10 heteroatoms. The van der Waals surface area contributed by atoms with Gasteiger partial charge in [-0.15, -0.1) is 0 Å². The normalized spacial score (nSPS) is 16.9. The lowest BCUT2D eigenvalue weighted by Gasteiger charge is -2.31. The van der Waals surface area contributed by atoms with Crippen LogP contribution in [0, 0.1) is 5.92 Å². The number of amides is 1. The summed E-state index contributed by atoms with van der Waals surface area (Å²) in [6, 6.07) is 9.80. The standard InChI is InChI=1S/C29H29ClF3N3O3/c30-19-11-13-20(14-12-19)36-26(21-8-4-5-9-23(21)35-36)25(17-6-2-1-3-7-17)27(37)34-24-15-10-18(28(38)39)16-22(24)29(31,32)33/h10-17,25H,1-9H2,(H,34,37)(H,38,39). The van der Waals surface area contributed by atoms with E-state index in [2.05, 4.69) is 5.32 Å². The molecule has 1 fully saturated rings. The zero-order valence-electron chi connectivity index (χ0n) is 21.2. The molecule has 1 saturated carbocycles. The second-order valence-corrected chi connectivity index (χ2v) is 10.8. The highest BCUT2D eigenvalue weighted by Crippen LogP contribution is 2.42. The minimum atomic E-state index is -4.85. The van der Waals surface area contributed by atoms with Crippen molar-refractivity contribution in [1.29, 1.82) is 0 Å². The third kappa shape index (κ3) is 5.69. The van der Waals surface area contributed by atoms with E-state index < -0.39 is 40.8 Å². The van der Waals surface area contributed by atoms with Crippen molar-refractivity contribution < 1.29 is 27.9 Å². The van der Waals surface area contributed by atoms with Crippen molar-refractivity contribution in [3.8, 4) is 5.69 Å². The molecule has 1 amide bonds. The van der Waals surface area contributed by atoms with E-state index >= 15 is 0 Å². The number of hydrogen-bond acceptors (Lipinski definition) is 3. The van der Waals surface area contributed by atoms with Gasteiger partial charge in [0.1, 0.15) is 0 Å². The van der Waals surface area contributed by atoms with Gasteiger partial charge in [0.05, 0.1) is 39.8 Å². The molecule has 1 atom stereocenters. The van der Waals surface area contributed by atoms with Gasteiger partial charge in [0.15, 0.2) is 0 Å². The van der Waals surface area contributed by atoms with Crippen LogP contribution in [0.4, 0.5) is 18.9 Å². The van der Waals surface area contributed by atoms with Crippen LogP contribution in [0.3, 0.4) is 0 Å². The lowest BCUT2D eigenvalue weighted by molar-refractivity contribution is -0.137. The van der Waals surface area contributed by atoms with Gasteiger partial charge >= 0.3 is 12.1 Å². The third-order valence-electron chi connectivity index (χ3n) is 7.80. The molecule has 1 unspecified atom stereocenters. The van der Waals surface area contributed by atoms with Gasteiger partial charge in [0.2, 0.25) is 5.91 Å². The molecule has 0 bridgehead atoms.